The number of hydrogen-bond donors (Lipinski definition) is 1. The Kier molecular flexibility index (Phi) is 4.33. The normalized spacial score (nSPS) is 19.9. The average molecular weight is 352 g/mol. The van der Waals surface area contributed by atoms with Crippen LogP contribution in [-0.2, 0) is 4.79 Å². The van der Waals surface area contributed by atoms with Gasteiger partial charge in [0.2, 0.25) is 0 Å². The van der Waals surface area contributed by atoms with E-state index in [4.69, 9.17) is 4.42 Å². The Morgan fingerprint density at radius 1 is 1.24 bits per heavy atom. The molecule has 6 heteroatoms. The number of thioether (sulfide) groups is 1. The maximum absolute atomic E-state index is 11.7. The molecule has 1 saturated heterocycles. The van der Waals surface area contributed by atoms with Crippen LogP contribution in [0.4, 0.5) is 4.79 Å². The van der Waals surface area contributed by atoms with E-state index in [2.05, 4.69) is 22.1 Å². The van der Waals surface area contributed by atoms with Gasteiger partial charge in [-0.25, -0.2) is 0 Å². The molecule has 0 atom stereocenters. The van der Waals surface area contributed by atoms with Gasteiger partial charge in [0.25, 0.3) is 11.1 Å². The molecular weight excluding hydrogens is 336 g/mol. The number of hydrogen-bond acceptors (Lipinski definition) is 5. The summed E-state index contributed by atoms with van der Waals surface area (Å²) in [4.78, 5) is 27.5. The smallest absolute Gasteiger partial charge is 0.290 e. The fourth-order valence-electron chi connectivity index (χ4n) is 3.12. The third-order valence-electron chi connectivity index (χ3n) is 4.37. The van der Waals surface area contributed by atoms with Crippen LogP contribution < -0.4 is 5.32 Å². The first-order chi connectivity index (χ1) is 12.2. The molecule has 0 unspecified atom stereocenters. The number of amides is 2. The van der Waals surface area contributed by atoms with E-state index >= 15 is 0 Å². The van der Waals surface area contributed by atoms with E-state index in [0.29, 0.717) is 22.2 Å². The van der Waals surface area contributed by atoms with Crippen LogP contribution in [0.2, 0.25) is 0 Å². The van der Waals surface area contributed by atoms with Crippen LogP contribution >= 0.6 is 11.8 Å². The molecule has 1 saturated carbocycles. The second-order valence-corrected chi connectivity index (χ2v) is 7.23. The highest BCUT2D eigenvalue weighted by Gasteiger charge is 2.25. The van der Waals surface area contributed by atoms with Crippen molar-refractivity contribution < 1.29 is 14.0 Å². The summed E-state index contributed by atoms with van der Waals surface area (Å²) in [5, 5.41) is 2.69. The van der Waals surface area contributed by atoms with Crippen LogP contribution in [0.3, 0.4) is 0 Å². The molecule has 1 N–H and O–H groups in total. The van der Waals surface area contributed by atoms with Gasteiger partial charge in [0, 0.05) is 29.8 Å². The first-order valence-electron chi connectivity index (χ1n) is 8.33. The lowest BCUT2D eigenvalue weighted by Crippen LogP contribution is -2.17. The second-order valence-electron chi connectivity index (χ2n) is 6.21. The van der Waals surface area contributed by atoms with Gasteiger partial charge in [-0.05, 0) is 30.7 Å². The number of rotatable bonds is 1. The lowest BCUT2D eigenvalue weighted by atomic mass is 9.90. The molecule has 2 aromatic heterocycles. The number of carbonyl (C=O) groups excluding carboxylic acids is 2. The summed E-state index contributed by atoms with van der Waals surface area (Å²) in [5.74, 6) is 7.12. The van der Waals surface area contributed by atoms with Crippen molar-refractivity contribution in [1.29, 1.82) is 0 Å². The number of pyridine rings is 1. The number of aromatic nitrogens is 1. The maximum atomic E-state index is 11.7. The van der Waals surface area contributed by atoms with Gasteiger partial charge in [0.1, 0.15) is 5.76 Å². The Balaban J connectivity index is 1.65. The molecule has 126 valence electrons. The van der Waals surface area contributed by atoms with Crippen molar-refractivity contribution in [2.24, 2.45) is 5.92 Å². The minimum absolute atomic E-state index is 0.326. The zero-order valence-electron chi connectivity index (χ0n) is 13.5. The predicted octanol–water partition coefficient (Wildman–Crippen LogP) is 4.08. The SMILES string of the molecule is O=C1NC(=O)/C(=C\c2cc3cncc(C#CC4CCCCC4)c3o2)S1. The summed E-state index contributed by atoms with van der Waals surface area (Å²) >= 11 is 0.870. The first-order valence-corrected chi connectivity index (χ1v) is 9.14. The van der Waals surface area contributed by atoms with Crippen molar-refractivity contribution in [2.45, 2.75) is 32.1 Å². The van der Waals surface area contributed by atoms with E-state index < -0.39 is 5.91 Å². The molecule has 0 bridgehead atoms. The third-order valence-corrected chi connectivity index (χ3v) is 5.18. The molecule has 1 aliphatic heterocycles. The Morgan fingerprint density at radius 2 is 2.08 bits per heavy atom. The van der Waals surface area contributed by atoms with E-state index in [9.17, 15) is 9.59 Å². The van der Waals surface area contributed by atoms with Gasteiger partial charge >= 0.3 is 0 Å². The fraction of sp³-hybridized carbons (Fsp3) is 0.316. The van der Waals surface area contributed by atoms with Gasteiger partial charge in [-0.3, -0.25) is 19.9 Å². The van der Waals surface area contributed by atoms with E-state index in [1.165, 1.54) is 19.3 Å². The van der Waals surface area contributed by atoms with Gasteiger partial charge in [-0.15, -0.1) is 0 Å². The molecule has 0 aromatic carbocycles. The lowest BCUT2D eigenvalue weighted by Gasteiger charge is -2.15. The molecule has 2 fully saturated rings. The standard InChI is InChI=1S/C19H16N2O3S/c22-18-16(25-19(23)21-18)9-15-8-14-11-20-10-13(17(14)24-15)7-6-12-4-2-1-3-5-12/h8-12H,1-5H2,(H,21,22,23)/b16-9+. The Morgan fingerprint density at radius 3 is 2.84 bits per heavy atom. The summed E-state index contributed by atoms with van der Waals surface area (Å²) in [6, 6.07) is 1.80. The number of imide groups is 1. The summed E-state index contributed by atoms with van der Waals surface area (Å²) in [6.45, 7) is 0. The molecule has 2 aliphatic rings. The highest BCUT2D eigenvalue weighted by molar-refractivity contribution is 8.18. The van der Waals surface area contributed by atoms with Crippen LogP contribution in [-0.4, -0.2) is 16.1 Å². The van der Waals surface area contributed by atoms with Gasteiger partial charge in [-0.2, -0.15) is 0 Å². The first kappa shape index (κ1) is 16.0. The predicted molar refractivity (Wildman–Crippen MR) is 96.6 cm³/mol. The number of furan rings is 1. The molecule has 0 radical (unpaired) electrons. The summed E-state index contributed by atoms with van der Waals surface area (Å²) in [6.07, 6.45) is 11.1. The van der Waals surface area contributed by atoms with Crippen molar-refractivity contribution in [3.05, 3.63) is 34.7 Å². The minimum Gasteiger partial charge on any atom is -0.455 e. The zero-order chi connectivity index (χ0) is 17.2. The second kappa shape index (κ2) is 6.77. The Hall–Kier alpha value is -2.52. The molecule has 1 aliphatic carbocycles. The molecule has 2 aromatic rings. The molecular formula is C19H16N2O3S. The van der Waals surface area contributed by atoms with Crippen LogP contribution in [0.5, 0.6) is 0 Å². The van der Waals surface area contributed by atoms with Crippen molar-refractivity contribution in [2.75, 3.05) is 0 Å². The average Bonchev–Trinajstić information content (AvgIpc) is 3.16. The number of carbonyl (C=O) groups is 2. The third kappa shape index (κ3) is 3.47. The topological polar surface area (TPSA) is 72.2 Å². The van der Waals surface area contributed by atoms with E-state index in [0.717, 1.165) is 35.6 Å². The Bertz CT molecular complexity index is 942. The number of nitrogens with zero attached hydrogens (tertiary/aromatic N) is 1. The highest BCUT2D eigenvalue weighted by Crippen LogP contribution is 2.29. The Labute approximate surface area is 149 Å². The van der Waals surface area contributed by atoms with Crippen LogP contribution in [0.15, 0.2) is 27.8 Å². The largest absolute Gasteiger partial charge is 0.455 e. The number of fused-ring (bicyclic) bond motifs is 1. The summed E-state index contributed by atoms with van der Waals surface area (Å²) < 4.78 is 5.86. The fourth-order valence-corrected chi connectivity index (χ4v) is 3.78. The monoisotopic (exact) mass is 352 g/mol. The summed E-state index contributed by atoms with van der Waals surface area (Å²) in [5.41, 5.74) is 1.42. The van der Waals surface area contributed by atoms with Gasteiger partial charge in [0.15, 0.2) is 5.58 Å². The molecule has 3 heterocycles. The molecule has 25 heavy (non-hydrogen) atoms. The molecule has 0 spiro atoms. The zero-order valence-corrected chi connectivity index (χ0v) is 14.3. The highest BCUT2D eigenvalue weighted by atomic mass is 32.2. The molecule has 2 amide bonds. The van der Waals surface area contributed by atoms with E-state index in [1.807, 2.05) is 0 Å². The quantitative estimate of drug-likeness (QED) is 0.618. The van der Waals surface area contributed by atoms with Crippen molar-refractivity contribution >= 4 is 40.0 Å². The van der Waals surface area contributed by atoms with E-state index in [1.54, 1.807) is 24.5 Å². The van der Waals surface area contributed by atoms with Gasteiger partial charge < -0.3 is 4.42 Å². The van der Waals surface area contributed by atoms with Crippen molar-refractivity contribution in [3.8, 4) is 11.8 Å². The summed E-state index contributed by atoms with van der Waals surface area (Å²) in [7, 11) is 0. The van der Waals surface area contributed by atoms with Crippen molar-refractivity contribution in [1.82, 2.24) is 10.3 Å². The van der Waals surface area contributed by atoms with Gasteiger partial charge in [-0.1, -0.05) is 31.1 Å². The van der Waals surface area contributed by atoms with Crippen LogP contribution in [0.1, 0.15) is 43.4 Å². The van der Waals surface area contributed by atoms with Crippen LogP contribution in [0, 0.1) is 17.8 Å². The van der Waals surface area contributed by atoms with Crippen molar-refractivity contribution in [3.63, 3.8) is 0 Å². The maximum Gasteiger partial charge on any atom is 0.290 e. The lowest BCUT2D eigenvalue weighted by molar-refractivity contribution is -0.115. The van der Waals surface area contributed by atoms with Crippen LogP contribution in [0.25, 0.3) is 17.0 Å². The number of nitrogens with one attached hydrogen (secondary N) is 1. The van der Waals surface area contributed by atoms with Gasteiger partial charge in [0.05, 0.1) is 10.5 Å². The minimum atomic E-state index is -0.397. The molecule has 4 rings (SSSR count). The molecule has 5 nitrogen and oxygen atoms in total. The van der Waals surface area contributed by atoms with E-state index in [-0.39, 0.29) is 5.24 Å².